The molecule has 1 heterocycles. The standard InChI is InChI=1S/C22H21BrClNO5S/c1-3-29-18-11-15(12-19-21(26)25(8-9-28-2)22(27)31-19)10-17(23)20(18)30-13-14-4-6-16(24)7-5-14/h4-7,10-12H,3,8-9,13H2,1-2H3/b19-12+. The van der Waals surface area contributed by atoms with Crippen LogP contribution in [-0.2, 0) is 16.1 Å². The smallest absolute Gasteiger partial charge is 0.293 e. The summed E-state index contributed by atoms with van der Waals surface area (Å²) < 4.78 is 17.4. The van der Waals surface area contributed by atoms with Gasteiger partial charge in [-0.25, -0.2) is 0 Å². The van der Waals surface area contributed by atoms with Crippen LogP contribution in [0.25, 0.3) is 6.08 Å². The molecular weight excluding hydrogens is 506 g/mol. The number of hydrogen-bond donors (Lipinski definition) is 0. The Balaban J connectivity index is 1.82. The fraction of sp³-hybridized carbons (Fsp3) is 0.273. The normalized spacial score (nSPS) is 15.1. The Kier molecular flexibility index (Phi) is 8.43. The molecule has 0 N–H and O–H groups in total. The van der Waals surface area contributed by atoms with Crippen LogP contribution in [0.2, 0.25) is 5.02 Å². The Morgan fingerprint density at radius 1 is 1.16 bits per heavy atom. The molecule has 0 unspecified atom stereocenters. The highest BCUT2D eigenvalue weighted by Gasteiger charge is 2.34. The second-order valence-corrected chi connectivity index (χ2v) is 8.79. The van der Waals surface area contributed by atoms with Gasteiger partial charge in [-0.2, -0.15) is 0 Å². The van der Waals surface area contributed by atoms with Crippen molar-refractivity contribution in [2.24, 2.45) is 0 Å². The van der Waals surface area contributed by atoms with Crippen LogP contribution < -0.4 is 9.47 Å². The van der Waals surface area contributed by atoms with Crippen LogP contribution in [0.15, 0.2) is 45.8 Å². The quantitative estimate of drug-likeness (QED) is 0.387. The highest BCUT2D eigenvalue weighted by atomic mass is 79.9. The maximum Gasteiger partial charge on any atom is 0.293 e. The Hall–Kier alpha value is -2.00. The second-order valence-electron chi connectivity index (χ2n) is 6.50. The van der Waals surface area contributed by atoms with Crippen molar-refractivity contribution in [3.8, 4) is 11.5 Å². The van der Waals surface area contributed by atoms with Gasteiger partial charge in [0.1, 0.15) is 6.61 Å². The summed E-state index contributed by atoms with van der Waals surface area (Å²) in [5.41, 5.74) is 1.68. The van der Waals surface area contributed by atoms with Gasteiger partial charge in [0.15, 0.2) is 11.5 Å². The highest BCUT2D eigenvalue weighted by Crippen LogP contribution is 2.39. The summed E-state index contributed by atoms with van der Waals surface area (Å²) in [4.78, 5) is 26.2. The Morgan fingerprint density at radius 2 is 1.90 bits per heavy atom. The molecule has 3 rings (SSSR count). The molecule has 2 aromatic rings. The molecule has 1 saturated heterocycles. The van der Waals surface area contributed by atoms with Crippen molar-refractivity contribution in [1.82, 2.24) is 4.90 Å². The first-order valence-electron chi connectivity index (χ1n) is 9.50. The number of hydrogen-bond acceptors (Lipinski definition) is 6. The zero-order valence-electron chi connectivity index (χ0n) is 17.0. The van der Waals surface area contributed by atoms with Gasteiger partial charge in [0.25, 0.3) is 11.1 Å². The molecule has 6 nitrogen and oxygen atoms in total. The summed E-state index contributed by atoms with van der Waals surface area (Å²) in [5, 5.41) is 0.358. The van der Waals surface area contributed by atoms with Crippen molar-refractivity contribution in [2.45, 2.75) is 13.5 Å². The topological polar surface area (TPSA) is 65.1 Å². The molecule has 0 aliphatic carbocycles. The van der Waals surface area contributed by atoms with Gasteiger partial charge in [-0.05, 0) is 76.1 Å². The van der Waals surface area contributed by atoms with Crippen LogP contribution in [0, 0.1) is 0 Å². The Morgan fingerprint density at radius 3 is 2.58 bits per heavy atom. The van der Waals surface area contributed by atoms with Gasteiger partial charge < -0.3 is 14.2 Å². The lowest BCUT2D eigenvalue weighted by atomic mass is 10.1. The SMILES string of the molecule is CCOc1cc(/C=C2/SC(=O)N(CCOC)C2=O)cc(Br)c1OCc1ccc(Cl)cc1. The van der Waals surface area contributed by atoms with Crippen LogP contribution in [0.3, 0.4) is 0 Å². The molecule has 31 heavy (non-hydrogen) atoms. The van der Waals surface area contributed by atoms with E-state index in [9.17, 15) is 9.59 Å². The van der Waals surface area contributed by atoms with Gasteiger partial charge in [-0.1, -0.05) is 23.7 Å². The maximum atomic E-state index is 12.6. The molecule has 1 fully saturated rings. The summed E-state index contributed by atoms with van der Waals surface area (Å²) in [6.45, 7) is 3.19. The van der Waals surface area contributed by atoms with E-state index in [2.05, 4.69) is 15.9 Å². The van der Waals surface area contributed by atoms with Crippen molar-refractivity contribution in [3.63, 3.8) is 0 Å². The number of benzene rings is 2. The van der Waals surface area contributed by atoms with Crippen LogP contribution in [0.1, 0.15) is 18.1 Å². The van der Waals surface area contributed by atoms with Crippen LogP contribution in [-0.4, -0.2) is 42.9 Å². The fourth-order valence-corrected chi connectivity index (χ4v) is 4.40. The fourth-order valence-electron chi connectivity index (χ4n) is 2.84. The van der Waals surface area contributed by atoms with Crippen molar-refractivity contribution in [1.29, 1.82) is 0 Å². The van der Waals surface area contributed by atoms with Gasteiger partial charge in [0.2, 0.25) is 0 Å². The van der Waals surface area contributed by atoms with E-state index in [0.29, 0.717) is 51.3 Å². The van der Waals surface area contributed by atoms with E-state index in [1.54, 1.807) is 12.1 Å². The molecule has 9 heteroatoms. The molecule has 1 aliphatic heterocycles. The lowest BCUT2D eigenvalue weighted by molar-refractivity contribution is -0.123. The van der Waals surface area contributed by atoms with Gasteiger partial charge in [-0.3, -0.25) is 14.5 Å². The number of nitrogens with zero attached hydrogens (tertiary/aromatic N) is 1. The number of thioether (sulfide) groups is 1. The van der Waals surface area contributed by atoms with E-state index in [1.165, 1.54) is 12.0 Å². The van der Waals surface area contributed by atoms with Crippen LogP contribution in [0.4, 0.5) is 4.79 Å². The molecule has 0 aromatic heterocycles. The first-order chi connectivity index (χ1) is 14.9. The minimum absolute atomic E-state index is 0.226. The summed E-state index contributed by atoms with van der Waals surface area (Å²) in [6, 6.07) is 11.0. The molecule has 0 atom stereocenters. The van der Waals surface area contributed by atoms with E-state index >= 15 is 0 Å². The predicted octanol–water partition coefficient (Wildman–Crippen LogP) is 5.76. The third-order valence-electron chi connectivity index (χ3n) is 4.32. The summed E-state index contributed by atoms with van der Waals surface area (Å²) >= 11 is 10.4. The molecule has 0 saturated carbocycles. The molecule has 0 radical (unpaired) electrons. The first kappa shape index (κ1) is 23.7. The summed E-state index contributed by atoms with van der Waals surface area (Å²) in [6.07, 6.45) is 1.67. The molecule has 164 valence electrons. The minimum Gasteiger partial charge on any atom is -0.490 e. The van der Waals surface area contributed by atoms with Crippen molar-refractivity contribution in [3.05, 3.63) is 61.9 Å². The summed E-state index contributed by atoms with van der Waals surface area (Å²) in [7, 11) is 1.53. The van der Waals surface area contributed by atoms with E-state index < -0.39 is 0 Å². The van der Waals surface area contributed by atoms with Gasteiger partial charge in [0.05, 0.1) is 29.1 Å². The number of carbonyl (C=O) groups excluding carboxylic acids is 2. The van der Waals surface area contributed by atoms with Crippen LogP contribution in [0.5, 0.6) is 11.5 Å². The molecule has 2 amide bonds. The minimum atomic E-state index is -0.329. The third-order valence-corrected chi connectivity index (χ3v) is 6.07. The first-order valence-corrected chi connectivity index (χ1v) is 11.5. The van der Waals surface area contributed by atoms with Gasteiger partial charge in [0, 0.05) is 12.1 Å². The number of carbonyl (C=O) groups is 2. The largest absolute Gasteiger partial charge is 0.490 e. The van der Waals surface area contributed by atoms with Crippen LogP contribution >= 0.6 is 39.3 Å². The average molecular weight is 527 g/mol. The lowest BCUT2D eigenvalue weighted by Gasteiger charge is -2.15. The second kappa shape index (κ2) is 11.0. The number of methoxy groups -OCH3 is 1. The lowest BCUT2D eigenvalue weighted by Crippen LogP contribution is -2.31. The van der Waals surface area contributed by atoms with Crippen molar-refractivity contribution >= 4 is 56.5 Å². The molecular formula is C22H21BrClNO5S. The van der Waals surface area contributed by atoms with Gasteiger partial charge >= 0.3 is 0 Å². The average Bonchev–Trinajstić information content (AvgIpc) is 3.00. The Labute approximate surface area is 198 Å². The number of ether oxygens (including phenoxy) is 3. The predicted molar refractivity (Wildman–Crippen MR) is 126 cm³/mol. The van der Waals surface area contributed by atoms with E-state index in [4.69, 9.17) is 25.8 Å². The summed E-state index contributed by atoms with van der Waals surface area (Å²) in [5.74, 6) is 0.766. The van der Waals surface area contributed by atoms with Gasteiger partial charge in [-0.15, -0.1) is 0 Å². The third kappa shape index (κ3) is 6.04. The zero-order valence-corrected chi connectivity index (χ0v) is 20.2. The van der Waals surface area contributed by atoms with E-state index in [0.717, 1.165) is 17.3 Å². The number of rotatable bonds is 9. The highest BCUT2D eigenvalue weighted by molar-refractivity contribution is 9.10. The molecule has 1 aliphatic rings. The number of imide groups is 1. The van der Waals surface area contributed by atoms with E-state index in [1.807, 2.05) is 37.3 Å². The number of amides is 2. The Bertz CT molecular complexity index is 996. The molecule has 0 spiro atoms. The zero-order chi connectivity index (χ0) is 22.4. The molecule has 0 bridgehead atoms. The number of halogens is 2. The van der Waals surface area contributed by atoms with Crippen molar-refractivity contribution in [2.75, 3.05) is 26.9 Å². The monoisotopic (exact) mass is 525 g/mol. The maximum absolute atomic E-state index is 12.6. The molecule has 2 aromatic carbocycles. The van der Waals surface area contributed by atoms with Crippen molar-refractivity contribution < 1.29 is 23.8 Å². The van der Waals surface area contributed by atoms with E-state index in [-0.39, 0.29) is 17.7 Å².